The maximum absolute atomic E-state index is 13.1. The van der Waals surface area contributed by atoms with Gasteiger partial charge in [-0.15, -0.1) is 0 Å². The number of Topliss-reactive ketones (excluding diaryl/α,β-unsaturated/α-hetero) is 1. The molecule has 2 aliphatic rings. The van der Waals surface area contributed by atoms with Gasteiger partial charge < -0.3 is 15.4 Å². The number of ketones is 1. The minimum Gasteiger partial charge on any atom is -0.460 e. The molecule has 0 aliphatic heterocycles. The highest BCUT2D eigenvalue weighted by Gasteiger charge is 2.38. The van der Waals surface area contributed by atoms with Crippen LogP contribution in [0.15, 0.2) is 30.3 Å². The van der Waals surface area contributed by atoms with Crippen molar-refractivity contribution in [3.05, 3.63) is 35.9 Å². The molecule has 0 heterocycles. The Bertz CT molecular complexity index is 783. The number of hydrogen-bond acceptors (Lipinski definition) is 5. The fraction of sp³-hybridized carbons (Fsp3) is 0.667. The molecule has 1 amide bonds. The van der Waals surface area contributed by atoms with Crippen LogP contribution in [0.4, 0.5) is 0 Å². The lowest BCUT2D eigenvalue weighted by Gasteiger charge is -2.43. The molecular formula is C27H40N2O4. The highest BCUT2D eigenvalue weighted by molar-refractivity contribution is 5.90. The van der Waals surface area contributed by atoms with E-state index in [2.05, 4.69) is 24.5 Å². The number of amides is 1. The third kappa shape index (κ3) is 7.95. The van der Waals surface area contributed by atoms with Crippen LogP contribution < -0.4 is 10.6 Å². The molecule has 33 heavy (non-hydrogen) atoms. The molecule has 0 radical (unpaired) electrons. The zero-order valence-electron chi connectivity index (χ0n) is 20.2. The van der Waals surface area contributed by atoms with Gasteiger partial charge >= 0.3 is 5.97 Å². The largest absolute Gasteiger partial charge is 0.460 e. The monoisotopic (exact) mass is 456 g/mol. The van der Waals surface area contributed by atoms with E-state index in [1.165, 1.54) is 0 Å². The molecule has 2 N–H and O–H groups in total. The molecule has 0 bridgehead atoms. The first kappa shape index (κ1) is 25.4. The second-order valence-electron chi connectivity index (χ2n) is 10.3. The maximum Gasteiger partial charge on any atom is 0.320 e. The van der Waals surface area contributed by atoms with Gasteiger partial charge in [-0.05, 0) is 56.4 Å². The minimum absolute atomic E-state index is 0.0455. The van der Waals surface area contributed by atoms with E-state index in [1.54, 1.807) is 0 Å². The number of nitrogens with one attached hydrogen (secondary N) is 2. The SMILES string of the molecule is CC(C)C[C@H](NC(=O)C1CCCC1)C(=O)CCC1(NCC(=O)OCc2ccccc2)CCC1. The number of carbonyl (C=O) groups excluding carboxylic acids is 3. The summed E-state index contributed by atoms with van der Waals surface area (Å²) in [4.78, 5) is 37.9. The Labute approximate surface area is 198 Å². The molecule has 0 aromatic heterocycles. The summed E-state index contributed by atoms with van der Waals surface area (Å²) in [5, 5.41) is 6.44. The topological polar surface area (TPSA) is 84.5 Å². The average molecular weight is 457 g/mol. The van der Waals surface area contributed by atoms with Gasteiger partial charge in [0.1, 0.15) is 6.61 Å². The number of carbonyl (C=O) groups is 3. The van der Waals surface area contributed by atoms with Crippen LogP contribution >= 0.6 is 0 Å². The van der Waals surface area contributed by atoms with Crippen LogP contribution in [0, 0.1) is 11.8 Å². The van der Waals surface area contributed by atoms with E-state index in [4.69, 9.17) is 4.74 Å². The number of benzene rings is 1. The van der Waals surface area contributed by atoms with Crippen molar-refractivity contribution in [1.29, 1.82) is 0 Å². The van der Waals surface area contributed by atoms with E-state index in [9.17, 15) is 14.4 Å². The molecule has 0 spiro atoms. The maximum atomic E-state index is 13.1. The first-order chi connectivity index (χ1) is 15.9. The number of hydrogen-bond donors (Lipinski definition) is 2. The Balaban J connectivity index is 1.45. The zero-order chi connectivity index (χ0) is 23.7. The third-order valence-electron chi connectivity index (χ3n) is 7.15. The summed E-state index contributed by atoms with van der Waals surface area (Å²) in [5.74, 6) is 0.267. The molecule has 2 aliphatic carbocycles. The number of esters is 1. The van der Waals surface area contributed by atoms with Crippen molar-refractivity contribution >= 4 is 17.7 Å². The summed E-state index contributed by atoms with van der Waals surface area (Å²) in [6.07, 6.45) is 8.83. The van der Waals surface area contributed by atoms with Crippen molar-refractivity contribution in [2.45, 2.75) is 96.2 Å². The molecule has 6 nitrogen and oxygen atoms in total. The molecule has 1 atom stereocenters. The fourth-order valence-electron chi connectivity index (χ4n) is 4.92. The van der Waals surface area contributed by atoms with Crippen molar-refractivity contribution < 1.29 is 19.1 Å². The van der Waals surface area contributed by atoms with Gasteiger partial charge in [-0.2, -0.15) is 0 Å². The summed E-state index contributed by atoms with van der Waals surface area (Å²) in [6, 6.07) is 9.22. The number of rotatable bonds is 13. The van der Waals surface area contributed by atoms with Crippen LogP contribution in [0.2, 0.25) is 0 Å². The molecule has 2 saturated carbocycles. The van der Waals surface area contributed by atoms with Crippen LogP contribution in [-0.4, -0.2) is 35.8 Å². The van der Waals surface area contributed by atoms with Gasteiger partial charge in [-0.25, -0.2) is 0 Å². The molecule has 6 heteroatoms. The fourth-order valence-corrected chi connectivity index (χ4v) is 4.92. The summed E-state index contributed by atoms with van der Waals surface area (Å²) in [5.41, 5.74) is 0.782. The second-order valence-corrected chi connectivity index (χ2v) is 10.3. The van der Waals surface area contributed by atoms with E-state index in [1.807, 2.05) is 30.3 Å². The van der Waals surface area contributed by atoms with E-state index in [0.29, 0.717) is 25.2 Å². The van der Waals surface area contributed by atoms with Gasteiger partial charge in [-0.3, -0.25) is 14.4 Å². The standard InChI is InChI=1S/C27H40N2O4/c1-20(2)17-23(29-26(32)22-11-6-7-12-22)24(30)13-16-27(14-8-15-27)28-18-25(31)33-19-21-9-4-3-5-10-21/h3-5,9-10,20,22-23,28H,6-8,11-19H2,1-2H3,(H,29,32)/t23-/m0/s1. The van der Waals surface area contributed by atoms with Gasteiger partial charge in [0.25, 0.3) is 0 Å². The van der Waals surface area contributed by atoms with E-state index < -0.39 is 6.04 Å². The van der Waals surface area contributed by atoms with Crippen LogP contribution in [0.1, 0.15) is 83.6 Å². The molecule has 182 valence electrons. The van der Waals surface area contributed by atoms with Crippen molar-refractivity contribution in [2.75, 3.05) is 6.54 Å². The van der Waals surface area contributed by atoms with Crippen LogP contribution in [-0.2, 0) is 25.7 Å². The first-order valence-corrected chi connectivity index (χ1v) is 12.6. The van der Waals surface area contributed by atoms with E-state index in [0.717, 1.165) is 50.5 Å². The normalized spacial score (nSPS) is 18.5. The lowest BCUT2D eigenvalue weighted by atomic mass is 9.73. The molecule has 1 aromatic carbocycles. The Morgan fingerprint density at radius 3 is 2.36 bits per heavy atom. The Morgan fingerprint density at radius 2 is 1.76 bits per heavy atom. The van der Waals surface area contributed by atoms with Gasteiger partial charge in [0.2, 0.25) is 5.91 Å². The van der Waals surface area contributed by atoms with Gasteiger partial charge in [-0.1, -0.05) is 57.0 Å². The quantitative estimate of drug-likeness (QED) is 0.432. The summed E-state index contributed by atoms with van der Waals surface area (Å²) in [6.45, 7) is 4.58. The van der Waals surface area contributed by atoms with E-state index in [-0.39, 0.29) is 42.3 Å². The second kappa shape index (κ2) is 12.3. The molecule has 2 fully saturated rings. The van der Waals surface area contributed by atoms with Gasteiger partial charge in [0, 0.05) is 17.9 Å². The van der Waals surface area contributed by atoms with Crippen LogP contribution in [0.25, 0.3) is 0 Å². The van der Waals surface area contributed by atoms with Gasteiger partial charge in [0.15, 0.2) is 5.78 Å². The molecule has 0 saturated heterocycles. The summed E-state index contributed by atoms with van der Waals surface area (Å²) >= 11 is 0. The molecule has 3 rings (SSSR count). The average Bonchev–Trinajstić information content (AvgIpc) is 3.31. The van der Waals surface area contributed by atoms with Crippen molar-refractivity contribution in [3.8, 4) is 0 Å². The minimum atomic E-state index is -0.411. The lowest BCUT2D eigenvalue weighted by Crippen LogP contribution is -2.53. The third-order valence-corrected chi connectivity index (χ3v) is 7.15. The van der Waals surface area contributed by atoms with Crippen LogP contribution in [0.3, 0.4) is 0 Å². The van der Waals surface area contributed by atoms with Crippen molar-refractivity contribution in [1.82, 2.24) is 10.6 Å². The van der Waals surface area contributed by atoms with Crippen LogP contribution in [0.5, 0.6) is 0 Å². The van der Waals surface area contributed by atoms with Gasteiger partial charge in [0.05, 0.1) is 12.6 Å². The predicted octanol–water partition coefficient (Wildman–Crippen LogP) is 4.31. The Morgan fingerprint density at radius 1 is 1.06 bits per heavy atom. The zero-order valence-corrected chi connectivity index (χ0v) is 20.2. The summed E-state index contributed by atoms with van der Waals surface area (Å²) < 4.78 is 5.38. The molecular weight excluding hydrogens is 416 g/mol. The lowest BCUT2D eigenvalue weighted by molar-refractivity contribution is -0.144. The number of ether oxygens (including phenoxy) is 1. The predicted molar refractivity (Wildman–Crippen MR) is 128 cm³/mol. The first-order valence-electron chi connectivity index (χ1n) is 12.6. The van der Waals surface area contributed by atoms with Crippen molar-refractivity contribution in [3.63, 3.8) is 0 Å². The Hall–Kier alpha value is -2.21. The summed E-state index contributed by atoms with van der Waals surface area (Å²) in [7, 11) is 0. The highest BCUT2D eigenvalue weighted by atomic mass is 16.5. The Kier molecular flexibility index (Phi) is 9.48. The molecule has 0 unspecified atom stereocenters. The highest BCUT2D eigenvalue weighted by Crippen LogP contribution is 2.36. The smallest absolute Gasteiger partial charge is 0.320 e. The molecule has 1 aromatic rings. The van der Waals surface area contributed by atoms with Crippen molar-refractivity contribution in [2.24, 2.45) is 11.8 Å². The van der Waals surface area contributed by atoms with E-state index >= 15 is 0 Å².